The average molecular weight is 289 g/mol. The van der Waals surface area contributed by atoms with Gasteiger partial charge in [0.2, 0.25) is 0 Å². The number of likely N-dealkylation sites (tertiary alicyclic amines) is 1. The third kappa shape index (κ3) is 3.39. The SMILES string of the molecule is CC1CC(CN)CN1C(C)c1cccc(Cl)c1.Cl. The quantitative estimate of drug-likeness (QED) is 0.923. The van der Waals surface area contributed by atoms with Crippen molar-refractivity contribution < 1.29 is 0 Å². The first-order valence-corrected chi connectivity index (χ1v) is 6.71. The first-order chi connectivity index (χ1) is 8.11. The number of hydrogen-bond acceptors (Lipinski definition) is 2. The lowest BCUT2D eigenvalue weighted by atomic mass is 10.1. The van der Waals surface area contributed by atoms with Crippen LogP contribution < -0.4 is 5.73 Å². The molecule has 0 radical (unpaired) electrons. The smallest absolute Gasteiger partial charge is 0.0409 e. The Morgan fingerprint density at radius 1 is 1.50 bits per heavy atom. The molecule has 1 saturated heterocycles. The van der Waals surface area contributed by atoms with Gasteiger partial charge in [-0.2, -0.15) is 0 Å². The van der Waals surface area contributed by atoms with E-state index in [1.807, 2.05) is 12.1 Å². The fourth-order valence-corrected chi connectivity index (χ4v) is 3.04. The highest BCUT2D eigenvalue weighted by molar-refractivity contribution is 6.30. The average Bonchev–Trinajstić information content (AvgIpc) is 2.69. The highest BCUT2D eigenvalue weighted by atomic mass is 35.5. The van der Waals surface area contributed by atoms with Gasteiger partial charge in [-0.1, -0.05) is 23.7 Å². The third-order valence-electron chi connectivity index (χ3n) is 3.87. The molecule has 1 fully saturated rings. The van der Waals surface area contributed by atoms with E-state index in [2.05, 4.69) is 30.9 Å². The van der Waals surface area contributed by atoms with Crippen molar-refractivity contribution in [2.24, 2.45) is 11.7 Å². The van der Waals surface area contributed by atoms with Crippen LogP contribution in [0.1, 0.15) is 31.9 Å². The lowest BCUT2D eigenvalue weighted by Gasteiger charge is -2.29. The van der Waals surface area contributed by atoms with Crippen molar-refractivity contribution in [1.29, 1.82) is 0 Å². The second kappa shape index (κ2) is 6.76. The molecule has 0 saturated carbocycles. The van der Waals surface area contributed by atoms with Crippen LogP contribution in [0.25, 0.3) is 0 Å². The summed E-state index contributed by atoms with van der Waals surface area (Å²) in [6.07, 6.45) is 1.21. The van der Waals surface area contributed by atoms with Crippen molar-refractivity contribution in [2.45, 2.75) is 32.4 Å². The Morgan fingerprint density at radius 3 is 2.78 bits per heavy atom. The molecule has 2 rings (SSSR count). The van der Waals surface area contributed by atoms with Crippen molar-refractivity contribution in [2.75, 3.05) is 13.1 Å². The molecule has 0 aliphatic carbocycles. The van der Waals surface area contributed by atoms with E-state index in [-0.39, 0.29) is 12.4 Å². The summed E-state index contributed by atoms with van der Waals surface area (Å²) in [5.41, 5.74) is 7.07. The Kier molecular flexibility index (Phi) is 5.93. The fraction of sp³-hybridized carbons (Fsp3) is 0.571. The highest BCUT2D eigenvalue weighted by Gasteiger charge is 2.31. The zero-order valence-corrected chi connectivity index (χ0v) is 12.5. The van der Waals surface area contributed by atoms with Gasteiger partial charge in [-0.25, -0.2) is 0 Å². The van der Waals surface area contributed by atoms with Gasteiger partial charge in [-0.3, -0.25) is 4.90 Å². The first-order valence-electron chi connectivity index (χ1n) is 6.33. The Labute approximate surface area is 121 Å². The molecule has 1 aliphatic rings. The molecule has 3 atom stereocenters. The zero-order valence-electron chi connectivity index (χ0n) is 11.0. The third-order valence-corrected chi connectivity index (χ3v) is 4.11. The number of benzene rings is 1. The van der Waals surface area contributed by atoms with Crippen LogP contribution in [0.3, 0.4) is 0 Å². The van der Waals surface area contributed by atoms with Gasteiger partial charge in [0, 0.05) is 23.7 Å². The molecule has 1 heterocycles. The molecule has 0 bridgehead atoms. The zero-order chi connectivity index (χ0) is 12.4. The molecule has 102 valence electrons. The minimum Gasteiger partial charge on any atom is -0.330 e. The van der Waals surface area contributed by atoms with Crippen molar-refractivity contribution >= 4 is 24.0 Å². The van der Waals surface area contributed by atoms with Gasteiger partial charge in [0.1, 0.15) is 0 Å². The monoisotopic (exact) mass is 288 g/mol. The van der Waals surface area contributed by atoms with Crippen molar-refractivity contribution in [3.8, 4) is 0 Å². The Bertz CT molecular complexity index is 384. The topological polar surface area (TPSA) is 29.3 Å². The molecule has 2 N–H and O–H groups in total. The van der Waals surface area contributed by atoms with E-state index in [4.69, 9.17) is 17.3 Å². The Hall–Kier alpha value is -0.280. The second-order valence-corrected chi connectivity index (χ2v) is 5.55. The largest absolute Gasteiger partial charge is 0.330 e. The maximum atomic E-state index is 6.05. The van der Waals surface area contributed by atoms with Crippen LogP contribution in [-0.4, -0.2) is 24.0 Å². The molecule has 18 heavy (non-hydrogen) atoms. The van der Waals surface area contributed by atoms with Crippen molar-refractivity contribution in [3.63, 3.8) is 0 Å². The van der Waals surface area contributed by atoms with Gasteiger partial charge in [0.25, 0.3) is 0 Å². The molecule has 1 aromatic rings. The molecule has 0 amide bonds. The van der Waals surface area contributed by atoms with E-state index in [9.17, 15) is 0 Å². The van der Waals surface area contributed by atoms with Crippen LogP contribution >= 0.6 is 24.0 Å². The van der Waals surface area contributed by atoms with E-state index < -0.39 is 0 Å². The van der Waals surface area contributed by atoms with Gasteiger partial charge < -0.3 is 5.73 Å². The van der Waals surface area contributed by atoms with Crippen molar-refractivity contribution in [1.82, 2.24) is 4.90 Å². The summed E-state index contributed by atoms with van der Waals surface area (Å²) in [5, 5.41) is 0.816. The van der Waals surface area contributed by atoms with Gasteiger partial charge in [0.05, 0.1) is 0 Å². The van der Waals surface area contributed by atoms with E-state index in [1.54, 1.807) is 0 Å². The number of halogens is 2. The summed E-state index contributed by atoms with van der Waals surface area (Å²) in [7, 11) is 0. The Balaban J connectivity index is 0.00000162. The minimum absolute atomic E-state index is 0. The molecule has 0 spiro atoms. The minimum atomic E-state index is 0. The molecule has 3 unspecified atom stereocenters. The van der Waals surface area contributed by atoms with Crippen LogP contribution in [0.15, 0.2) is 24.3 Å². The first kappa shape index (κ1) is 15.8. The Morgan fingerprint density at radius 2 is 2.22 bits per heavy atom. The lowest BCUT2D eigenvalue weighted by molar-refractivity contribution is 0.200. The maximum absolute atomic E-state index is 6.05. The van der Waals surface area contributed by atoms with Gasteiger partial charge in [-0.15, -0.1) is 12.4 Å². The molecular weight excluding hydrogens is 267 g/mol. The van der Waals surface area contributed by atoms with Crippen LogP contribution in [0.4, 0.5) is 0 Å². The standard InChI is InChI=1S/C14H21ClN2.ClH/c1-10-6-12(8-16)9-17(10)11(2)13-4-3-5-14(15)7-13;/h3-5,7,10-12H,6,8-9,16H2,1-2H3;1H. The van der Waals surface area contributed by atoms with Crippen LogP contribution in [0.5, 0.6) is 0 Å². The summed E-state index contributed by atoms with van der Waals surface area (Å²) < 4.78 is 0. The molecular formula is C14H22Cl2N2. The normalized spacial score (nSPS) is 25.8. The summed E-state index contributed by atoms with van der Waals surface area (Å²) >= 11 is 6.05. The van der Waals surface area contributed by atoms with E-state index >= 15 is 0 Å². The number of nitrogens with zero attached hydrogens (tertiary/aromatic N) is 1. The van der Waals surface area contributed by atoms with E-state index in [0.717, 1.165) is 18.1 Å². The molecule has 2 nitrogen and oxygen atoms in total. The van der Waals surface area contributed by atoms with Gasteiger partial charge in [0.15, 0.2) is 0 Å². The number of nitrogens with two attached hydrogens (primary N) is 1. The predicted octanol–water partition coefficient (Wildman–Crippen LogP) is 3.49. The predicted molar refractivity (Wildman–Crippen MR) is 80.4 cm³/mol. The summed E-state index contributed by atoms with van der Waals surface area (Å²) in [4.78, 5) is 2.53. The van der Waals surface area contributed by atoms with Crippen LogP contribution in [0.2, 0.25) is 5.02 Å². The molecule has 1 aliphatic heterocycles. The number of rotatable bonds is 3. The summed E-state index contributed by atoms with van der Waals surface area (Å²) in [6, 6.07) is 9.19. The lowest BCUT2D eigenvalue weighted by Crippen LogP contribution is -2.30. The fourth-order valence-electron chi connectivity index (χ4n) is 2.84. The molecule has 1 aromatic carbocycles. The second-order valence-electron chi connectivity index (χ2n) is 5.11. The van der Waals surface area contributed by atoms with E-state index in [1.165, 1.54) is 12.0 Å². The highest BCUT2D eigenvalue weighted by Crippen LogP contribution is 2.32. The van der Waals surface area contributed by atoms with E-state index in [0.29, 0.717) is 18.0 Å². The molecule has 0 aromatic heterocycles. The maximum Gasteiger partial charge on any atom is 0.0409 e. The van der Waals surface area contributed by atoms with Gasteiger partial charge in [-0.05, 0) is 50.4 Å². The summed E-state index contributed by atoms with van der Waals surface area (Å²) in [6.45, 7) is 6.44. The van der Waals surface area contributed by atoms with Crippen molar-refractivity contribution in [3.05, 3.63) is 34.9 Å². The summed E-state index contributed by atoms with van der Waals surface area (Å²) in [5.74, 6) is 0.645. The van der Waals surface area contributed by atoms with Crippen LogP contribution in [-0.2, 0) is 0 Å². The number of hydrogen-bond donors (Lipinski definition) is 1. The van der Waals surface area contributed by atoms with Crippen LogP contribution in [0, 0.1) is 5.92 Å². The molecule has 4 heteroatoms. The van der Waals surface area contributed by atoms with Gasteiger partial charge >= 0.3 is 0 Å².